The number of piperidine rings is 3. The monoisotopic (exact) mass is 443 g/mol. The van der Waals surface area contributed by atoms with Gasteiger partial charge in [-0.05, 0) is 69.3 Å². The van der Waals surface area contributed by atoms with Crippen molar-refractivity contribution in [2.24, 2.45) is 11.8 Å². The Balaban J connectivity index is 0.00000150. The van der Waals surface area contributed by atoms with E-state index < -0.39 is 0 Å². The second-order valence-electron chi connectivity index (χ2n) is 8.35. The number of halogens is 2. The van der Waals surface area contributed by atoms with Crippen molar-refractivity contribution < 1.29 is 9.53 Å². The third-order valence-electron chi connectivity index (χ3n) is 6.59. The lowest BCUT2D eigenvalue weighted by Gasteiger charge is -2.55. The molecular formula is C22H35Cl2N3O2. The van der Waals surface area contributed by atoms with Gasteiger partial charge in [-0.2, -0.15) is 0 Å². The Labute approximate surface area is 187 Å². The zero-order chi connectivity index (χ0) is 18.5. The summed E-state index contributed by atoms with van der Waals surface area (Å²) in [5.74, 6) is 2.52. The standard InChI is InChI=1S/C22H33N3O2.2ClH/c26-22(10-6-12-27-19-7-2-1-3-8-19)24-16-21-18-13-17(14-23-15-18)20-9-4-5-11-25(20)21;;/h1-3,7-8,17-18,20-21,23H,4-6,9-16H2,(H,24,26);2*1H/t17-,18+,20+,21+;;/m1../s1. The molecule has 0 radical (unpaired) electrons. The second-order valence-corrected chi connectivity index (χ2v) is 8.35. The Morgan fingerprint density at radius 3 is 2.76 bits per heavy atom. The molecule has 0 saturated carbocycles. The van der Waals surface area contributed by atoms with E-state index in [9.17, 15) is 4.79 Å². The van der Waals surface area contributed by atoms with Crippen LogP contribution in [0.15, 0.2) is 30.3 Å². The number of benzene rings is 1. The number of rotatable bonds is 7. The summed E-state index contributed by atoms with van der Waals surface area (Å²) in [6, 6.07) is 11.0. The van der Waals surface area contributed by atoms with Crippen LogP contribution in [-0.2, 0) is 4.79 Å². The van der Waals surface area contributed by atoms with Crippen LogP contribution in [0.5, 0.6) is 5.75 Å². The maximum atomic E-state index is 12.3. The molecule has 29 heavy (non-hydrogen) atoms. The van der Waals surface area contributed by atoms with E-state index in [2.05, 4.69) is 15.5 Å². The van der Waals surface area contributed by atoms with E-state index in [1.807, 2.05) is 30.3 Å². The van der Waals surface area contributed by atoms with Crippen LogP contribution in [0.1, 0.15) is 38.5 Å². The third kappa shape index (κ3) is 6.24. The van der Waals surface area contributed by atoms with E-state index in [1.165, 1.54) is 38.8 Å². The molecule has 0 unspecified atom stereocenters. The number of para-hydroxylation sites is 1. The average Bonchev–Trinajstić information content (AvgIpc) is 2.72. The van der Waals surface area contributed by atoms with Gasteiger partial charge in [0.05, 0.1) is 6.61 Å². The van der Waals surface area contributed by atoms with Gasteiger partial charge < -0.3 is 15.4 Å². The van der Waals surface area contributed by atoms with Gasteiger partial charge in [0.15, 0.2) is 0 Å². The quantitative estimate of drug-likeness (QED) is 0.634. The van der Waals surface area contributed by atoms with E-state index >= 15 is 0 Å². The van der Waals surface area contributed by atoms with Gasteiger partial charge in [-0.3, -0.25) is 9.69 Å². The van der Waals surface area contributed by atoms with Gasteiger partial charge in [-0.1, -0.05) is 24.6 Å². The highest BCUT2D eigenvalue weighted by molar-refractivity contribution is 5.85. The van der Waals surface area contributed by atoms with Crippen LogP contribution in [0, 0.1) is 11.8 Å². The third-order valence-corrected chi connectivity index (χ3v) is 6.59. The molecule has 3 aliphatic heterocycles. The lowest BCUT2D eigenvalue weighted by atomic mass is 9.73. The number of amides is 1. The van der Waals surface area contributed by atoms with Gasteiger partial charge >= 0.3 is 0 Å². The maximum absolute atomic E-state index is 12.3. The molecule has 3 fully saturated rings. The Bertz CT molecular complexity index is 619. The highest BCUT2D eigenvalue weighted by Gasteiger charge is 2.45. The summed E-state index contributed by atoms with van der Waals surface area (Å²) in [6.07, 6.45) is 6.63. The summed E-state index contributed by atoms with van der Waals surface area (Å²) in [4.78, 5) is 15.1. The number of hydrogen-bond acceptors (Lipinski definition) is 4. The molecule has 3 saturated heterocycles. The molecule has 4 atom stereocenters. The molecule has 164 valence electrons. The summed E-state index contributed by atoms with van der Waals surface area (Å²) in [5, 5.41) is 6.86. The van der Waals surface area contributed by atoms with E-state index in [4.69, 9.17) is 4.74 Å². The van der Waals surface area contributed by atoms with Crippen molar-refractivity contribution in [3.63, 3.8) is 0 Å². The largest absolute Gasteiger partial charge is 0.494 e. The Morgan fingerprint density at radius 2 is 1.93 bits per heavy atom. The van der Waals surface area contributed by atoms with Gasteiger partial charge in [0.2, 0.25) is 5.91 Å². The van der Waals surface area contributed by atoms with E-state index in [1.54, 1.807) is 0 Å². The van der Waals surface area contributed by atoms with E-state index in [0.29, 0.717) is 25.0 Å². The predicted molar refractivity (Wildman–Crippen MR) is 121 cm³/mol. The fourth-order valence-corrected chi connectivity index (χ4v) is 5.29. The molecule has 0 aromatic heterocycles. The Morgan fingerprint density at radius 1 is 1.14 bits per heavy atom. The predicted octanol–water partition coefficient (Wildman–Crippen LogP) is 3.27. The summed E-state index contributed by atoms with van der Waals surface area (Å²) in [6.45, 7) is 4.88. The number of ether oxygens (including phenoxy) is 1. The molecule has 1 aromatic carbocycles. The zero-order valence-corrected chi connectivity index (χ0v) is 18.7. The molecule has 3 aliphatic rings. The van der Waals surface area contributed by atoms with Gasteiger partial charge in [0, 0.05) is 25.0 Å². The molecule has 2 bridgehead atoms. The Kier molecular flexibility index (Phi) is 10.0. The molecule has 0 aliphatic carbocycles. The van der Waals surface area contributed by atoms with Crippen LogP contribution in [0.2, 0.25) is 0 Å². The Hall–Kier alpha value is -1.01. The summed E-state index contributed by atoms with van der Waals surface area (Å²) < 4.78 is 5.68. The lowest BCUT2D eigenvalue weighted by Crippen LogP contribution is -2.65. The van der Waals surface area contributed by atoms with Gasteiger partial charge in [0.25, 0.3) is 0 Å². The molecule has 5 nitrogen and oxygen atoms in total. The highest BCUT2D eigenvalue weighted by Crippen LogP contribution is 2.38. The van der Waals surface area contributed by atoms with Crippen molar-refractivity contribution >= 4 is 30.7 Å². The fraction of sp³-hybridized carbons (Fsp3) is 0.682. The second kappa shape index (κ2) is 12.0. The van der Waals surface area contributed by atoms with Crippen LogP contribution < -0.4 is 15.4 Å². The maximum Gasteiger partial charge on any atom is 0.220 e. The van der Waals surface area contributed by atoms with Crippen LogP contribution in [0.25, 0.3) is 0 Å². The minimum atomic E-state index is 0. The molecule has 1 amide bonds. The number of hydrogen-bond donors (Lipinski definition) is 2. The average molecular weight is 444 g/mol. The van der Waals surface area contributed by atoms with Crippen LogP contribution in [0.4, 0.5) is 0 Å². The number of nitrogens with one attached hydrogen (secondary N) is 2. The van der Waals surface area contributed by atoms with Crippen molar-refractivity contribution in [3.8, 4) is 5.75 Å². The number of carbonyl (C=O) groups is 1. The molecule has 2 N–H and O–H groups in total. The van der Waals surface area contributed by atoms with Crippen molar-refractivity contribution in [3.05, 3.63) is 30.3 Å². The van der Waals surface area contributed by atoms with Crippen molar-refractivity contribution in [2.45, 2.75) is 50.6 Å². The molecule has 3 heterocycles. The number of fused-ring (bicyclic) bond motifs is 4. The molecule has 1 aromatic rings. The van der Waals surface area contributed by atoms with Crippen molar-refractivity contribution in [1.29, 1.82) is 0 Å². The first-order valence-corrected chi connectivity index (χ1v) is 10.7. The molecule has 0 spiro atoms. The highest BCUT2D eigenvalue weighted by atomic mass is 35.5. The van der Waals surface area contributed by atoms with Gasteiger partial charge in [0.1, 0.15) is 5.75 Å². The SMILES string of the molecule is Cl.Cl.O=C(CCCOc1ccccc1)NC[C@H]1[C@@H]2CNC[C@@H](C2)[C@@H]2CCCCN21. The summed E-state index contributed by atoms with van der Waals surface area (Å²) in [7, 11) is 0. The zero-order valence-electron chi connectivity index (χ0n) is 17.1. The van der Waals surface area contributed by atoms with Crippen LogP contribution >= 0.6 is 24.8 Å². The smallest absolute Gasteiger partial charge is 0.220 e. The topological polar surface area (TPSA) is 53.6 Å². The first-order chi connectivity index (χ1) is 13.3. The van der Waals surface area contributed by atoms with Crippen molar-refractivity contribution in [1.82, 2.24) is 15.5 Å². The minimum Gasteiger partial charge on any atom is -0.494 e. The first-order valence-electron chi connectivity index (χ1n) is 10.7. The fourth-order valence-electron chi connectivity index (χ4n) is 5.29. The van der Waals surface area contributed by atoms with Crippen LogP contribution in [-0.4, -0.2) is 55.7 Å². The van der Waals surface area contributed by atoms with E-state index in [-0.39, 0.29) is 30.7 Å². The molecule has 7 heteroatoms. The number of carbonyl (C=O) groups excluding carboxylic acids is 1. The van der Waals surface area contributed by atoms with Gasteiger partial charge in [-0.15, -0.1) is 24.8 Å². The number of nitrogens with zero attached hydrogens (tertiary/aromatic N) is 1. The van der Waals surface area contributed by atoms with Crippen LogP contribution in [0.3, 0.4) is 0 Å². The van der Waals surface area contributed by atoms with E-state index in [0.717, 1.165) is 37.2 Å². The minimum absolute atomic E-state index is 0. The summed E-state index contributed by atoms with van der Waals surface area (Å²) >= 11 is 0. The first kappa shape index (κ1) is 24.3. The molecular weight excluding hydrogens is 409 g/mol. The van der Waals surface area contributed by atoms with Crippen molar-refractivity contribution in [2.75, 3.05) is 32.8 Å². The van der Waals surface area contributed by atoms with Gasteiger partial charge in [-0.25, -0.2) is 0 Å². The summed E-state index contributed by atoms with van der Waals surface area (Å²) in [5.41, 5.74) is 0. The normalized spacial score (nSPS) is 28.3. The molecule has 4 rings (SSSR count). The lowest BCUT2D eigenvalue weighted by molar-refractivity contribution is -0.122.